The number of nitrogens with zero attached hydrogens (tertiary/aromatic N) is 3. The summed E-state index contributed by atoms with van der Waals surface area (Å²) in [6, 6.07) is 1.70. The number of H-pyrrole nitrogens is 1. The summed E-state index contributed by atoms with van der Waals surface area (Å²) in [5, 5.41) is 0.661. The number of ether oxygens (including phenoxy) is 1. The van der Waals surface area contributed by atoms with Crippen LogP contribution in [0.25, 0.3) is 10.9 Å². The third-order valence-corrected chi connectivity index (χ3v) is 6.36. The zero-order chi connectivity index (χ0) is 19.3. The smallest absolute Gasteiger partial charge is 0.372 e. The van der Waals surface area contributed by atoms with Gasteiger partial charge >= 0.3 is 12.1 Å². The normalized spacial score (nSPS) is 26.2. The van der Waals surface area contributed by atoms with Crippen LogP contribution in [0.5, 0.6) is 0 Å². The molecule has 2 amide bonds. The number of aromatic amines is 1. The predicted molar refractivity (Wildman–Crippen MR) is 99.4 cm³/mol. The molecule has 2 aliphatic heterocycles. The van der Waals surface area contributed by atoms with E-state index >= 15 is 0 Å². The van der Waals surface area contributed by atoms with Crippen LogP contribution in [0.1, 0.15) is 36.0 Å². The fourth-order valence-corrected chi connectivity index (χ4v) is 4.71. The zero-order valence-corrected chi connectivity index (χ0v) is 15.5. The first-order valence-electron chi connectivity index (χ1n) is 9.80. The molecule has 0 spiro atoms. The highest BCUT2D eigenvalue weighted by Crippen LogP contribution is 2.59. The largest absolute Gasteiger partial charge is 0.417 e. The minimum Gasteiger partial charge on any atom is -0.372 e. The molecule has 2 aromatic rings. The van der Waals surface area contributed by atoms with Crippen LogP contribution in [0, 0.1) is 11.3 Å². The summed E-state index contributed by atoms with van der Waals surface area (Å²) in [5.41, 5.74) is 0.552. The summed E-state index contributed by atoms with van der Waals surface area (Å²) in [4.78, 5) is 48.3. The number of carbonyl (C=O) groups excluding carboxylic acids is 3. The molecule has 2 saturated heterocycles. The van der Waals surface area contributed by atoms with Crippen LogP contribution < -0.4 is 0 Å². The van der Waals surface area contributed by atoms with Crippen LogP contribution in [-0.4, -0.2) is 63.9 Å². The number of hydrogen-bond acceptors (Lipinski definition) is 5. The number of piperidine rings is 2. The first-order valence-corrected chi connectivity index (χ1v) is 9.80. The van der Waals surface area contributed by atoms with Gasteiger partial charge in [-0.15, -0.1) is 0 Å². The van der Waals surface area contributed by atoms with Crippen molar-refractivity contribution in [3.8, 4) is 0 Å². The van der Waals surface area contributed by atoms with Crippen molar-refractivity contribution in [1.82, 2.24) is 19.8 Å². The number of nitrogens with one attached hydrogen (secondary N) is 1. The Labute approximate surface area is 161 Å². The van der Waals surface area contributed by atoms with Crippen LogP contribution >= 0.6 is 0 Å². The Morgan fingerprint density at radius 2 is 2.00 bits per heavy atom. The first-order chi connectivity index (χ1) is 13.6. The second kappa shape index (κ2) is 6.32. The molecule has 3 aliphatic rings. The second-order valence-corrected chi connectivity index (χ2v) is 8.07. The van der Waals surface area contributed by atoms with Gasteiger partial charge in [0, 0.05) is 44.0 Å². The molecule has 0 bridgehead atoms. The van der Waals surface area contributed by atoms with E-state index in [1.54, 1.807) is 18.5 Å². The van der Waals surface area contributed by atoms with Gasteiger partial charge in [0.05, 0.1) is 22.7 Å². The van der Waals surface area contributed by atoms with Gasteiger partial charge in [0.1, 0.15) is 0 Å². The van der Waals surface area contributed by atoms with Gasteiger partial charge in [0.2, 0.25) is 5.91 Å². The highest BCUT2D eigenvalue weighted by atomic mass is 16.6. The Morgan fingerprint density at radius 1 is 1.18 bits per heavy atom. The van der Waals surface area contributed by atoms with Crippen molar-refractivity contribution in [2.45, 2.75) is 25.7 Å². The van der Waals surface area contributed by atoms with E-state index in [9.17, 15) is 14.4 Å². The number of likely N-dealkylation sites (tertiary alicyclic amines) is 2. The molecular formula is C20H22N4O4. The maximum absolute atomic E-state index is 13.0. The van der Waals surface area contributed by atoms with Crippen molar-refractivity contribution < 1.29 is 19.1 Å². The summed E-state index contributed by atoms with van der Waals surface area (Å²) in [7, 11) is 0. The molecule has 5 rings (SSSR count). The minimum absolute atomic E-state index is 0.169. The Morgan fingerprint density at radius 3 is 2.82 bits per heavy atom. The maximum Gasteiger partial charge on any atom is 0.417 e. The van der Waals surface area contributed by atoms with Crippen molar-refractivity contribution >= 4 is 28.9 Å². The molecule has 28 heavy (non-hydrogen) atoms. The second-order valence-electron chi connectivity index (χ2n) is 8.07. The molecule has 1 N–H and O–H groups in total. The molecule has 2 unspecified atom stereocenters. The Hall–Kier alpha value is -2.90. The fraction of sp³-hybridized carbons (Fsp3) is 0.500. The van der Waals surface area contributed by atoms with Gasteiger partial charge in [-0.1, -0.05) is 0 Å². The van der Waals surface area contributed by atoms with Crippen molar-refractivity contribution in [2.24, 2.45) is 11.3 Å². The van der Waals surface area contributed by atoms with Gasteiger partial charge in [-0.2, -0.15) is 0 Å². The third-order valence-electron chi connectivity index (χ3n) is 6.36. The number of fused-ring (bicyclic) bond motifs is 2. The number of hydrogen-bond donors (Lipinski definition) is 1. The number of pyridine rings is 1. The van der Waals surface area contributed by atoms with Gasteiger partial charge in [-0.3, -0.25) is 9.78 Å². The first kappa shape index (κ1) is 17.2. The van der Waals surface area contributed by atoms with Crippen LogP contribution in [0.2, 0.25) is 0 Å². The van der Waals surface area contributed by atoms with Crippen LogP contribution in [0.15, 0.2) is 24.7 Å². The fourth-order valence-electron chi connectivity index (χ4n) is 4.71. The molecule has 146 valence electrons. The highest BCUT2D eigenvalue weighted by molar-refractivity contribution is 6.06. The van der Waals surface area contributed by atoms with E-state index in [2.05, 4.69) is 9.97 Å². The summed E-state index contributed by atoms with van der Waals surface area (Å²) in [6.07, 6.45) is 8.13. The Bertz CT molecular complexity index is 964. The van der Waals surface area contributed by atoms with Gasteiger partial charge < -0.3 is 19.5 Å². The van der Waals surface area contributed by atoms with Gasteiger partial charge in [-0.05, 0) is 37.7 Å². The molecular weight excluding hydrogens is 360 g/mol. The Kier molecular flexibility index (Phi) is 3.89. The van der Waals surface area contributed by atoms with Crippen molar-refractivity contribution in [2.75, 3.05) is 26.2 Å². The average molecular weight is 382 g/mol. The molecule has 2 atom stereocenters. The van der Waals surface area contributed by atoms with E-state index in [4.69, 9.17) is 4.74 Å². The zero-order valence-electron chi connectivity index (χ0n) is 15.5. The van der Waals surface area contributed by atoms with Gasteiger partial charge in [0.25, 0.3) is 0 Å². The van der Waals surface area contributed by atoms with Crippen LogP contribution in [0.4, 0.5) is 4.79 Å². The topological polar surface area (TPSA) is 95.6 Å². The summed E-state index contributed by atoms with van der Waals surface area (Å²) < 4.78 is 5.11. The summed E-state index contributed by atoms with van der Waals surface area (Å²) in [5.74, 6) is -0.342. The standard InChI is InChI=1S/C20H22N4O4/c25-17(15-9-22-16-10-21-5-4-14(15)16)28-19(27)24-11-13-8-20(13,12-24)18(26)23-6-2-1-3-7-23/h4-5,9-10,13,22H,1-3,6-8,11-12H2. The number of rotatable bonds is 2. The van der Waals surface area contributed by atoms with E-state index in [0.717, 1.165) is 32.4 Å². The highest BCUT2D eigenvalue weighted by Gasteiger charge is 2.66. The van der Waals surface area contributed by atoms with Gasteiger partial charge in [0.15, 0.2) is 0 Å². The lowest BCUT2D eigenvalue weighted by atomic mass is 10.0. The molecule has 0 aromatic carbocycles. The minimum atomic E-state index is -0.695. The Balaban J connectivity index is 1.25. The number of aromatic nitrogens is 2. The quantitative estimate of drug-likeness (QED) is 0.634. The van der Waals surface area contributed by atoms with Gasteiger partial charge in [-0.25, -0.2) is 9.59 Å². The molecule has 3 fully saturated rings. The van der Waals surface area contributed by atoms with E-state index in [1.807, 2.05) is 4.90 Å². The number of carbonyl (C=O) groups is 3. The molecule has 8 nitrogen and oxygen atoms in total. The van der Waals surface area contributed by atoms with Crippen molar-refractivity contribution in [3.05, 3.63) is 30.2 Å². The molecule has 2 aromatic heterocycles. The SMILES string of the molecule is O=C(OC(=O)N1CC2CC2(C(=O)N2CCCCC2)C1)c1c[nH]c2cnccc12. The molecule has 1 saturated carbocycles. The third kappa shape index (κ3) is 2.66. The summed E-state index contributed by atoms with van der Waals surface area (Å²) in [6.45, 7) is 2.44. The maximum atomic E-state index is 13.0. The van der Waals surface area contributed by atoms with E-state index in [0.29, 0.717) is 29.6 Å². The number of esters is 1. The van der Waals surface area contributed by atoms with Crippen LogP contribution in [-0.2, 0) is 9.53 Å². The van der Waals surface area contributed by atoms with E-state index in [1.165, 1.54) is 17.5 Å². The lowest BCUT2D eigenvalue weighted by Gasteiger charge is -2.30. The monoisotopic (exact) mass is 382 g/mol. The number of amides is 2. The van der Waals surface area contributed by atoms with E-state index in [-0.39, 0.29) is 11.8 Å². The molecule has 4 heterocycles. The predicted octanol–water partition coefficient (Wildman–Crippen LogP) is 2.17. The van der Waals surface area contributed by atoms with E-state index < -0.39 is 17.5 Å². The lowest BCUT2D eigenvalue weighted by Crippen LogP contribution is -2.43. The molecule has 0 radical (unpaired) electrons. The van der Waals surface area contributed by atoms with Crippen LogP contribution in [0.3, 0.4) is 0 Å². The molecule has 8 heteroatoms. The van der Waals surface area contributed by atoms with Crippen molar-refractivity contribution in [3.63, 3.8) is 0 Å². The lowest BCUT2D eigenvalue weighted by molar-refractivity contribution is -0.138. The molecule has 1 aliphatic carbocycles. The average Bonchev–Trinajstić information content (AvgIpc) is 3.09. The van der Waals surface area contributed by atoms with Crippen molar-refractivity contribution in [1.29, 1.82) is 0 Å². The summed E-state index contributed by atoms with van der Waals surface area (Å²) >= 11 is 0.